The van der Waals surface area contributed by atoms with Crippen molar-refractivity contribution in [1.29, 1.82) is 0 Å². The van der Waals surface area contributed by atoms with Gasteiger partial charge < -0.3 is 9.42 Å². The zero-order valence-corrected chi connectivity index (χ0v) is 14.6. The standard InChI is InChI=1S/C18H22N6O/c1-13-21-17(22-25-13)11-24-9-5-6-14(10-24)23(2)18-15-7-3-4-8-16(15)19-12-20-18/h3-4,7-8,12,14H,5-6,9-11H2,1-2H3/t14-/m0/s1. The van der Waals surface area contributed by atoms with E-state index in [0.29, 0.717) is 11.9 Å². The Morgan fingerprint density at radius 3 is 3.00 bits per heavy atom. The van der Waals surface area contributed by atoms with E-state index in [4.69, 9.17) is 4.52 Å². The third kappa shape index (κ3) is 3.32. The third-order valence-electron chi connectivity index (χ3n) is 4.82. The number of aryl methyl sites for hydroxylation is 1. The fourth-order valence-electron chi connectivity index (χ4n) is 3.54. The number of nitrogens with zero attached hydrogens (tertiary/aromatic N) is 6. The van der Waals surface area contributed by atoms with Gasteiger partial charge in [-0.2, -0.15) is 4.98 Å². The van der Waals surface area contributed by atoms with E-state index in [1.807, 2.05) is 25.1 Å². The first kappa shape index (κ1) is 16.0. The van der Waals surface area contributed by atoms with E-state index in [1.165, 1.54) is 0 Å². The summed E-state index contributed by atoms with van der Waals surface area (Å²) in [5.41, 5.74) is 0.981. The second-order valence-electron chi connectivity index (χ2n) is 6.59. The van der Waals surface area contributed by atoms with Crippen LogP contribution >= 0.6 is 0 Å². The Labute approximate surface area is 146 Å². The number of fused-ring (bicyclic) bond motifs is 1. The maximum atomic E-state index is 5.08. The number of likely N-dealkylation sites (N-methyl/N-ethyl adjacent to an activating group) is 1. The summed E-state index contributed by atoms with van der Waals surface area (Å²) in [5.74, 6) is 2.37. The molecule has 3 aromatic rings. The molecule has 3 heterocycles. The predicted molar refractivity (Wildman–Crippen MR) is 95.3 cm³/mol. The maximum Gasteiger partial charge on any atom is 0.223 e. The van der Waals surface area contributed by atoms with Gasteiger partial charge in [0.25, 0.3) is 0 Å². The summed E-state index contributed by atoms with van der Waals surface area (Å²) in [6, 6.07) is 8.56. The average Bonchev–Trinajstić information content (AvgIpc) is 3.05. The molecule has 0 spiro atoms. The normalized spacial score (nSPS) is 18.6. The summed E-state index contributed by atoms with van der Waals surface area (Å²) in [5, 5.41) is 5.11. The molecule has 0 unspecified atom stereocenters. The lowest BCUT2D eigenvalue weighted by Crippen LogP contribution is -2.46. The first-order valence-corrected chi connectivity index (χ1v) is 8.65. The zero-order chi connectivity index (χ0) is 17.2. The van der Waals surface area contributed by atoms with Crippen LogP contribution in [0, 0.1) is 6.92 Å². The fraction of sp³-hybridized carbons (Fsp3) is 0.444. The average molecular weight is 338 g/mol. The van der Waals surface area contributed by atoms with Gasteiger partial charge >= 0.3 is 0 Å². The molecular formula is C18H22N6O. The molecule has 0 radical (unpaired) electrons. The van der Waals surface area contributed by atoms with Crippen molar-refractivity contribution in [3.63, 3.8) is 0 Å². The SMILES string of the molecule is Cc1nc(CN2CCC[C@H](N(C)c3ncnc4ccccc34)C2)no1. The predicted octanol–water partition coefficient (Wildman–Crippen LogP) is 2.42. The van der Waals surface area contributed by atoms with E-state index in [0.717, 1.165) is 55.0 Å². The number of hydrogen-bond donors (Lipinski definition) is 0. The van der Waals surface area contributed by atoms with Crippen LogP contribution in [0.2, 0.25) is 0 Å². The number of hydrogen-bond acceptors (Lipinski definition) is 7. The molecule has 1 fully saturated rings. The Hall–Kier alpha value is -2.54. The molecular weight excluding hydrogens is 316 g/mol. The van der Waals surface area contributed by atoms with Crippen molar-refractivity contribution in [3.8, 4) is 0 Å². The molecule has 130 valence electrons. The number of piperidine rings is 1. The van der Waals surface area contributed by atoms with Crippen molar-refractivity contribution in [2.75, 3.05) is 25.0 Å². The lowest BCUT2D eigenvalue weighted by Gasteiger charge is -2.38. The summed E-state index contributed by atoms with van der Waals surface area (Å²) >= 11 is 0. The van der Waals surface area contributed by atoms with Crippen LogP contribution in [0.3, 0.4) is 0 Å². The van der Waals surface area contributed by atoms with Gasteiger partial charge in [0, 0.05) is 31.9 Å². The Balaban J connectivity index is 1.52. The minimum atomic E-state index is 0.403. The van der Waals surface area contributed by atoms with Crippen molar-refractivity contribution in [1.82, 2.24) is 25.0 Å². The molecule has 1 aliphatic heterocycles. The third-order valence-corrected chi connectivity index (χ3v) is 4.82. The van der Waals surface area contributed by atoms with E-state index in [-0.39, 0.29) is 0 Å². The fourth-order valence-corrected chi connectivity index (χ4v) is 3.54. The molecule has 7 heteroatoms. The molecule has 0 aliphatic carbocycles. The monoisotopic (exact) mass is 338 g/mol. The van der Waals surface area contributed by atoms with Crippen molar-refractivity contribution in [2.45, 2.75) is 32.4 Å². The van der Waals surface area contributed by atoms with Gasteiger partial charge in [0.2, 0.25) is 5.89 Å². The molecule has 0 bridgehead atoms. The van der Waals surface area contributed by atoms with Crippen LogP contribution in [0.25, 0.3) is 10.9 Å². The van der Waals surface area contributed by atoms with Crippen LogP contribution in [0.5, 0.6) is 0 Å². The second kappa shape index (κ2) is 6.76. The first-order valence-electron chi connectivity index (χ1n) is 8.65. The molecule has 0 amide bonds. The lowest BCUT2D eigenvalue weighted by atomic mass is 10.0. The number of rotatable bonds is 4. The van der Waals surface area contributed by atoms with Gasteiger partial charge in [-0.05, 0) is 31.5 Å². The van der Waals surface area contributed by atoms with Crippen LogP contribution in [-0.4, -0.2) is 51.2 Å². The number of benzene rings is 1. The topological polar surface area (TPSA) is 71.2 Å². The van der Waals surface area contributed by atoms with E-state index >= 15 is 0 Å². The number of anilines is 1. The Kier molecular flexibility index (Phi) is 4.31. The highest BCUT2D eigenvalue weighted by Crippen LogP contribution is 2.26. The van der Waals surface area contributed by atoms with Gasteiger partial charge in [-0.15, -0.1) is 0 Å². The number of aromatic nitrogens is 4. The van der Waals surface area contributed by atoms with Gasteiger partial charge in [0.05, 0.1) is 12.1 Å². The molecule has 1 atom stereocenters. The van der Waals surface area contributed by atoms with Crippen LogP contribution in [0.15, 0.2) is 35.1 Å². The van der Waals surface area contributed by atoms with Crippen LogP contribution in [0.4, 0.5) is 5.82 Å². The van der Waals surface area contributed by atoms with Crippen molar-refractivity contribution in [3.05, 3.63) is 42.3 Å². The molecule has 4 rings (SSSR count). The Morgan fingerprint density at radius 2 is 2.16 bits per heavy atom. The van der Waals surface area contributed by atoms with E-state index < -0.39 is 0 Å². The highest BCUT2D eigenvalue weighted by Gasteiger charge is 2.26. The van der Waals surface area contributed by atoms with Crippen LogP contribution in [0.1, 0.15) is 24.6 Å². The molecule has 25 heavy (non-hydrogen) atoms. The summed E-state index contributed by atoms with van der Waals surface area (Å²) in [6.07, 6.45) is 3.95. The maximum absolute atomic E-state index is 5.08. The van der Waals surface area contributed by atoms with Gasteiger partial charge in [0.1, 0.15) is 12.1 Å². The van der Waals surface area contributed by atoms with Crippen molar-refractivity contribution >= 4 is 16.7 Å². The zero-order valence-electron chi connectivity index (χ0n) is 14.6. The summed E-state index contributed by atoms with van der Waals surface area (Å²) in [4.78, 5) is 17.9. The van der Waals surface area contributed by atoms with Gasteiger partial charge in [-0.25, -0.2) is 9.97 Å². The van der Waals surface area contributed by atoms with Crippen LogP contribution in [-0.2, 0) is 6.54 Å². The van der Waals surface area contributed by atoms with Crippen molar-refractivity contribution in [2.24, 2.45) is 0 Å². The van der Waals surface area contributed by atoms with Crippen LogP contribution < -0.4 is 4.90 Å². The molecule has 1 aliphatic rings. The molecule has 0 saturated carbocycles. The second-order valence-corrected chi connectivity index (χ2v) is 6.59. The minimum absolute atomic E-state index is 0.403. The highest BCUT2D eigenvalue weighted by molar-refractivity contribution is 5.89. The number of para-hydroxylation sites is 1. The summed E-state index contributed by atoms with van der Waals surface area (Å²) in [7, 11) is 2.13. The molecule has 1 aromatic carbocycles. The van der Waals surface area contributed by atoms with Gasteiger partial charge in [-0.3, -0.25) is 4.90 Å². The summed E-state index contributed by atoms with van der Waals surface area (Å²) in [6.45, 7) is 4.57. The number of likely N-dealkylation sites (tertiary alicyclic amines) is 1. The van der Waals surface area contributed by atoms with E-state index in [1.54, 1.807) is 6.33 Å². The summed E-state index contributed by atoms with van der Waals surface area (Å²) < 4.78 is 5.08. The Morgan fingerprint density at radius 1 is 1.28 bits per heavy atom. The molecule has 7 nitrogen and oxygen atoms in total. The highest BCUT2D eigenvalue weighted by atomic mass is 16.5. The minimum Gasteiger partial charge on any atom is -0.355 e. The quantitative estimate of drug-likeness (QED) is 0.723. The molecule has 0 N–H and O–H groups in total. The van der Waals surface area contributed by atoms with Gasteiger partial charge in [-0.1, -0.05) is 17.3 Å². The smallest absolute Gasteiger partial charge is 0.223 e. The van der Waals surface area contributed by atoms with E-state index in [2.05, 4.69) is 43.0 Å². The first-order chi connectivity index (χ1) is 12.2. The van der Waals surface area contributed by atoms with E-state index in [9.17, 15) is 0 Å². The van der Waals surface area contributed by atoms with Crippen molar-refractivity contribution < 1.29 is 4.52 Å². The molecule has 2 aromatic heterocycles. The lowest BCUT2D eigenvalue weighted by molar-refractivity contribution is 0.192. The Bertz CT molecular complexity index is 858. The molecule has 1 saturated heterocycles. The largest absolute Gasteiger partial charge is 0.355 e. The van der Waals surface area contributed by atoms with Gasteiger partial charge in [0.15, 0.2) is 5.82 Å².